The summed E-state index contributed by atoms with van der Waals surface area (Å²) >= 11 is 1.99. The number of nitriles is 1. The maximum atomic E-state index is 12.3. The second-order valence-corrected chi connectivity index (χ2v) is 7.48. The topological polar surface area (TPSA) is 126 Å². The number of carbonyl (C=O) groups is 2. The van der Waals surface area contributed by atoms with Crippen molar-refractivity contribution in [2.45, 2.75) is 13.0 Å². The number of thiophene rings is 2. The first-order valence-corrected chi connectivity index (χ1v) is 9.01. The van der Waals surface area contributed by atoms with Gasteiger partial charge in [-0.15, -0.1) is 11.3 Å². The fourth-order valence-electron chi connectivity index (χ4n) is 2.61. The van der Waals surface area contributed by atoms with Gasteiger partial charge in [0, 0.05) is 17.5 Å². The molecule has 2 aromatic rings. The number of methoxy groups -OCH3 is 1. The number of hydrogen-bond acceptors (Lipinski definition) is 8. The predicted octanol–water partition coefficient (Wildman–Crippen LogP) is 2.97. The molecule has 134 valence electrons. The highest BCUT2D eigenvalue weighted by Gasteiger charge is 2.28. The minimum Gasteiger partial charge on any atom is -0.453 e. The lowest BCUT2D eigenvalue weighted by molar-refractivity contribution is -0.380. The first-order valence-electron chi connectivity index (χ1n) is 7.37. The van der Waals surface area contributed by atoms with Crippen LogP contribution in [0.2, 0.25) is 0 Å². The van der Waals surface area contributed by atoms with Gasteiger partial charge in [-0.3, -0.25) is 14.9 Å². The zero-order chi connectivity index (χ0) is 18.8. The van der Waals surface area contributed by atoms with Gasteiger partial charge in [0.25, 0.3) is 5.91 Å². The molecule has 0 saturated heterocycles. The number of fused-ring (bicyclic) bond motifs is 1. The maximum absolute atomic E-state index is 12.3. The van der Waals surface area contributed by atoms with Crippen LogP contribution in [0, 0.1) is 21.4 Å². The first kappa shape index (κ1) is 17.8. The Kier molecular flexibility index (Phi) is 4.88. The van der Waals surface area contributed by atoms with Crippen molar-refractivity contribution in [2.24, 2.45) is 0 Å². The molecule has 1 aliphatic heterocycles. The van der Waals surface area contributed by atoms with Crippen LogP contribution in [0.3, 0.4) is 0 Å². The summed E-state index contributed by atoms with van der Waals surface area (Å²) in [5.74, 6) is -0.511. The van der Waals surface area contributed by atoms with Gasteiger partial charge in [-0.05, 0) is 18.1 Å². The van der Waals surface area contributed by atoms with Crippen molar-refractivity contribution in [3.63, 3.8) is 0 Å². The second-order valence-electron chi connectivity index (χ2n) is 5.31. The van der Waals surface area contributed by atoms with Crippen LogP contribution < -0.4 is 5.32 Å². The lowest BCUT2D eigenvalue weighted by atomic mass is 10.0. The highest BCUT2D eigenvalue weighted by molar-refractivity contribution is 7.18. The Bertz CT molecular complexity index is 942. The van der Waals surface area contributed by atoms with Crippen LogP contribution in [-0.4, -0.2) is 35.5 Å². The fraction of sp³-hybridized carbons (Fsp3) is 0.267. The molecule has 26 heavy (non-hydrogen) atoms. The predicted molar refractivity (Wildman–Crippen MR) is 94.5 cm³/mol. The second kappa shape index (κ2) is 7.11. The Labute approximate surface area is 155 Å². The molecule has 2 aromatic heterocycles. The largest absolute Gasteiger partial charge is 0.453 e. The average Bonchev–Trinajstić information content (AvgIpc) is 3.24. The van der Waals surface area contributed by atoms with E-state index in [2.05, 4.69) is 11.4 Å². The van der Waals surface area contributed by atoms with Crippen molar-refractivity contribution in [3.05, 3.63) is 43.1 Å². The number of amides is 2. The first-order chi connectivity index (χ1) is 12.4. The lowest BCUT2D eigenvalue weighted by Crippen LogP contribution is -2.35. The van der Waals surface area contributed by atoms with Gasteiger partial charge in [0.1, 0.15) is 11.1 Å². The fourth-order valence-corrected chi connectivity index (χ4v) is 4.53. The molecule has 0 radical (unpaired) electrons. The lowest BCUT2D eigenvalue weighted by Gasteiger charge is -2.25. The van der Waals surface area contributed by atoms with E-state index in [0.29, 0.717) is 30.1 Å². The van der Waals surface area contributed by atoms with Crippen molar-refractivity contribution in [1.29, 1.82) is 5.26 Å². The minimum absolute atomic E-state index is 0.130. The van der Waals surface area contributed by atoms with E-state index in [0.717, 1.165) is 21.8 Å². The Morgan fingerprint density at radius 3 is 2.81 bits per heavy atom. The summed E-state index contributed by atoms with van der Waals surface area (Å²) in [6.07, 6.45) is 0.0449. The minimum atomic E-state index is -0.562. The Hall–Kier alpha value is -2.97. The highest BCUT2D eigenvalue weighted by Crippen LogP contribution is 2.37. The third kappa shape index (κ3) is 3.24. The molecule has 0 spiro atoms. The number of ether oxygens (including phenoxy) is 1. The summed E-state index contributed by atoms with van der Waals surface area (Å²) < 4.78 is 4.72. The third-order valence-electron chi connectivity index (χ3n) is 3.82. The third-order valence-corrected chi connectivity index (χ3v) is 5.99. The summed E-state index contributed by atoms with van der Waals surface area (Å²) in [6, 6.07) is 4.73. The van der Waals surface area contributed by atoms with E-state index in [1.54, 1.807) is 0 Å². The van der Waals surface area contributed by atoms with Crippen LogP contribution in [0.1, 0.15) is 25.7 Å². The quantitative estimate of drug-likeness (QED) is 0.632. The van der Waals surface area contributed by atoms with Crippen molar-refractivity contribution >= 4 is 44.7 Å². The molecule has 2 amide bonds. The molecule has 0 fully saturated rings. The van der Waals surface area contributed by atoms with Crippen molar-refractivity contribution in [1.82, 2.24) is 4.90 Å². The molecule has 0 bridgehead atoms. The van der Waals surface area contributed by atoms with Gasteiger partial charge in [0.2, 0.25) is 0 Å². The van der Waals surface area contributed by atoms with E-state index in [9.17, 15) is 25.0 Å². The molecule has 1 aliphatic rings. The highest BCUT2D eigenvalue weighted by atomic mass is 32.1. The summed E-state index contributed by atoms with van der Waals surface area (Å²) in [5, 5.41) is 23.1. The van der Waals surface area contributed by atoms with Gasteiger partial charge in [-0.1, -0.05) is 11.3 Å². The molecule has 11 heteroatoms. The molecule has 3 heterocycles. The smallest absolute Gasteiger partial charge is 0.409 e. The van der Waals surface area contributed by atoms with E-state index >= 15 is 0 Å². The van der Waals surface area contributed by atoms with E-state index in [1.165, 1.54) is 35.5 Å². The van der Waals surface area contributed by atoms with Gasteiger partial charge in [0.15, 0.2) is 0 Å². The van der Waals surface area contributed by atoms with E-state index in [-0.39, 0.29) is 9.88 Å². The SMILES string of the molecule is COC(=O)N1CCc2c(sc(NC(=O)c3ccc([N+](=O)[O-])s3)c2C#N)C1. The summed E-state index contributed by atoms with van der Waals surface area (Å²) in [7, 11) is 1.30. The monoisotopic (exact) mass is 392 g/mol. The molecule has 0 unspecified atom stereocenters. The van der Waals surface area contributed by atoms with Crippen LogP contribution in [0.4, 0.5) is 14.8 Å². The van der Waals surface area contributed by atoms with Gasteiger partial charge in [-0.2, -0.15) is 5.26 Å². The molecule has 0 aliphatic carbocycles. The molecule has 1 N–H and O–H groups in total. The van der Waals surface area contributed by atoms with Crippen molar-refractivity contribution in [3.8, 4) is 6.07 Å². The average molecular weight is 392 g/mol. The van der Waals surface area contributed by atoms with E-state index in [1.807, 2.05) is 0 Å². The number of anilines is 1. The molecular formula is C15H12N4O5S2. The molecule has 0 saturated carbocycles. The summed E-state index contributed by atoms with van der Waals surface area (Å²) in [6.45, 7) is 0.733. The van der Waals surface area contributed by atoms with Gasteiger partial charge < -0.3 is 15.0 Å². The van der Waals surface area contributed by atoms with Crippen LogP contribution in [0.5, 0.6) is 0 Å². The number of carbonyl (C=O) groups excluding carboxylic acids is 2. The molecule has 9 nitrogen and oxygen atoms in total. The van der Waals surface area contributed by atoms with E-state index < -0.39 is 16.9 Å². The molecule has 0 aromatic carbocycles. The van der Waals surface area contributed by atoms with Crippen LogP contribution >= 0.6 is 22.7 Å². The van der Waals surface area contributed by atoms with Gasteiger partial charge >= 0.3 is 11.1 Å². The van der Waals surface area contributed by atoms with Gasteiger partial charge in [0.05, 0.1) is 29.0 Å². The van der Waals surface area contributed by atoms with Crippen LogP contribution in [-0.2, 0) is 17.7 Å². The zero-order valence-corrected chi connectivity index (χ0v) is 15.1. The maximum Gasteiger partial charge on any atom is 0.409 e. The van der Waals surface area contributed by atoms with Crippen LogP contribution in [0.25, 0.3) is 0 Å². The Balaban J connectivity index is 1.84. The number of nitrogens with one attached hydrogen (secondary N) is 1. The summed E-state index contributed by atoms with van der Waals surface area (Å²) in [5.41, 5.74) is 1.18. The normalized spacial score (nSPS) is 12.8. The van der Waals surface area contributed by atoms with Crippen LogP contribution in [0.15, 0.2) is 12.1 Å². The van der Waals surface area contributed by atoms with E-state index in [4.69, 9.17) is 4.74 Å². The van der Waals surface area contributed by atoms with Crippen molar-refractivity contribution < 1.29 is 19.2 Å². The Morgan fingerprint density at radius 2 is 2.19 bits per heavy atom. The number of nitrogens with zero attached hydrogens (tertiary/aromatic N) is 3. The Morgan fingerprint density at radius 1 is 1.42 bits per heavy atom. The number of hydrogen-bond donors (Lipinski definition) is 1. The molecule has 0 atom stereocenters. The standard InChI is InChI=1S/C15H12N4O5S2/c1-24-15(21)18-5-4-8-9(6-16)14(26-11(8)7-18)17-13(20)10-2-3-12(25-10)19(22)23/h2-3H,4-5,7H2,1H3,(H,17,20). The summed E-state index contributed by atoms with van der Waals surface area (Å²) in [4.78, 5) is 36.7. The molecule has 3 rings (SSSR count). The number of rotatable bonds is 3. The number of nitro groups is 1. The molecular weight excluding hydrogens is 380 g/mol. The van der Waals surface area contributed by atoms with Gasteiger partial charge in [-0.25, -0.2) is 4.79 Å². The zero-order valence-electron chi connectivity index (χ0n) is 13.5. The van der Waals surface area contributed by atoms with Crippen molar-refractivity contribution in [2.75, 3.05) is 19.0 Å².